The van der Waals surface area contributed by atoms with Crippen LogP contribution in [0.4, 0.5) is 5.82 Å². The molecule has 2 fully saturated rings. The molecular weight excluding hydrogens is 332 g/mol. The minimum absolute atomic E-state index is 0.0169. The Bertz CT molecular complexity index is 591. The molecule has 7 heteroatoms. The predicted octanol–water partition coefficient (Wildman–Crippen LogP) is 1.07. The molecule has 0 spiro atoms. The van der Waals surface area contributed by atoms with Crippen LogP contribution in [0.2, 0.25) is 0 Å². The first-order chi connectivity index (χ1) is 12.5. The SMILES string of the molecule is CC1CN(c2ccc(CNC(=O)C3(CN)CCOCC3)cn2)CC(C)O1. The summed E-state index contributed by atoms with van der Waals surface area (Å²) in [6.07, 6.45) is 3.59. The van der Waals surface area contributed by atoms with Crippen LogP contribution in [0, 0.1) is 5.41 Å². The summed E-state index contributed by atoms with van der Waals surface area (Å²) in [5.41, 5.74) is 6.38. The number of ether oxygens (including phenoxy) is 2. The smallest absolute Gasteiger partial charge is 0.227 e. The Morgan fingerprint density at radius 2 is 2.00 bits per heavy atom. The molecule has 1 aromatic heterocycles. The van der Waals surface area contributed by atoms with Crippen molar-refractivity contribution in [2.45, 2.75) is 45.4 Å². The lowest BCUT2D eigenvalue weighted by atomic mass is 9.79. The summed E-state index contributed by atoms with van der Waals surface area (Å²) in [5, 5.41) is 3.03. The number of nitrogens with two attached hydrogens (primary N) is 1. The molecule has 2 unspecified atom stereocenters. The predicted molar refractivity (Wildman–Crippen MR) is 99.8 cm³/mol. The lowest BCUT2D eigenvalue weighted by Gasteiger charge is -2.36. The highest BCUT2D eigenvalue weighted by Crippen LogP contribution is 2.29. The van der Waals surface area contributed by atoms with Crippen LogP contribution in [0.25, 0.3) is 0 Å². The van der Waals surface area contributed by atoms with E-state index in [-0.39, 0.29) is 18.1 Å². The van der Waals surface area contributed by atoms with Gasteiger partial charge in [0.15, 0.2) is 0 Å². The average molecular weight is 362 g/mol. The Morgan fingerprint density at radius 3 is 2.58 bits per heavy atom. The van der Waals surface area contributed by atoms with Crippen molar-refractivity contribution in [3.63, 3.8) is 0 Å². The van der Waals surface area contributed by atoms with E-state index in [1.807, 2.05) is 18.3 Å². The van der Waals surface area contributed by atoms with Gasteiger partial charge in [-0.3, -0.25) is 4.79 Å². The van der Waals surface area contributed by atoms with Gasteiger partial charge >= 0.3 is 0 Å². The highest BCUT2D eigenvalue weighted by molar-refractivity contribution is 5.83. The summed E-state index contributed by atoms with van der Waals surface area (Å²) >= 11 is 0. The van der Waals surface area contributed by atoms with Crippen molar-refractivity contribution in [2.24, 2.45) is 11.1 Å². The molecule has 144 valence electrons. The van der Waals surface area contributed by atoms with Crippen LogP contribution in [-0.4, -0.2) is 55.9 Å². The summed E-state index contributed by atoms with van der Waals surface area (Å²) in [4.78, 5) is 19.4. The maximum absolute atomic E-state index is 12.6. The van der Waals surface area contributed by atoms with Gasteiger partial charge in [-0.15, -0.1) is 0 Å². The van der Waals surface area contributed by atoms with Crippen LogP contribution in [0.1, 0.15) is 32.3 Å². The summed E-state index contributed by atoms with van der Waals surface area (Å²) in [6, 6.07) is 4.03. The van der Waals surface area contributed by atoms with E-state index in [9.17, 15) is 4.79 Å². The summed E-state index contributed by atoms with van der Waals surface area (Å²) < 4.78 is 11.1. The quantitative estimate of drug-likeness (QED) is 0.814. The third-order valence-corrected chi connectivity index (χ3v) is 5.33. The van der Waals surface area contributed by atoms with Gasteiger partial charge in [-0.25, -0.2) is 4.98 Å². The summed E-state index contributed by atoms with van der Waals surface area (Å²) in [6.45, 7) is 7.85. The number of amides is 1. The van der Waals surface area contributed by atoms with Crippen LogP contribution in [0.3, 0.4) is 0 Å². The largest absolute Gasteiger partial charge is 0.381 e. The lowest BCUT2D eigenvalue weighted by Crippen LogP contribution is -2.49. The van der Waals surface area contributed by atoms with Gasteiger partial charge < -0.3 is 25.4 Å². The molecule has 0 radical (unpaired) electrons. The van der Waals surface area contributed by atoms with Crippen molar-refractivity contribution in [3.05, 3.63) is 23.9 Å². The second kappa shape index (κ2) is 8.33. The third kappa shape index (κ3) is 4.34. The number of nitrogens with one attached hydrogen (secondary N) is 1. The molecule has 0 aliphatic carbocycles. The molecule has 26 heavy (non-hydrogen) atoms. The maximum Gasteiger partial charge on any atom is 0.227 e. The molecule has 0 saturated carbocycles. The molecular formula is C19H30N4O3. The minimum Gasteiger partial charge on any atom is -0.381 e. The number of morpholine rings is 1. The number of anilines is 1. The Morgan fingerprint density at radius 1 is 1.31 bits per heavy atom. The molecule has 2 atom stereocenters. The van der Waals surface area contributed by atoms with Crippen LogP contribution < -0.4 is 16.0 Å². The van der Waals surface area contributed by atoms with Gasteiger partial charge in [0.1, 0.15) is 5.82 Å². The zero-order chi connectivity index (χ0) is 18.6. The third-order valence-electron chi connectivity index (χ3n) is 5.33. The normalized spacial score (nSPS) is 25.7. The van der Waals surface area contributed by atoms with E-state index >= 15 is 0 Å². The molecule has 0 bridgehead atoms. The molecule has 2 saturated heterocycles. The van der Waals surface area contributed by atoms with Crippen molar-refractivity contribution in [1.29, 1.82) is 0 Å². The first kappa shape index (κ1) is 19.1. The van der Waals surface area contributed by atoms with Crippen molar-refractivity contribution >= 4 is 11.7 Å². The van der Waals surface area contributed by atoms with Crippen molar-refractivity contribution in [2.75, 3.05) is 37.7 Å². The van der Waals surface area contributed by atoms with E-state index in [0.29, 0.717) is 39.1 Å². The van der Waals surface area contributed by atoms with Gasteiger partial charge in [0.25, 0.3) is 0 Å². The molecule has 3 rings (SSSR count). The van der Waals surface area contributed by atoms with Crippen molar-refractivity contribution < 1.29 is 14.3 Å². The Balaban J connectivity index is 1.56. The van der Waals surface area contributed by atoms with Gasteiger partial charge in [0.05, 0.1) is 17.6 Å². The Labute approximate surface area is 155 Å². The number of pyridine rings is 1. The monoisotopic (exact) mass is 362 g/mol. The van der Waals surface area contributed by atoms with Crippen molar-refractivity contribution in [1.82, 2.24) is 10.3 Å². The highest BCUT2D eigenvalue weighted by Gasteiger charge is 2.38. The average Bonchev–Trinajstić information content (AvgIpc) is 2.66. The van der Waals surface area contributed by atoms with Gasteiger partial charge in [0, 0.05) is 45.6 Å². The molecule has 2 aliphatic rings. The van der Waals surface area contributed by atoms with Gasteiger partial charge in [-0.1, -0.05) is 6.07 Å². The zero-order valence-electron chi connectivity index (χ0n) is 15.7. The van der Waals surface area contributed by atoms with Crippen LogP contribution in [-0.2, 0) is 20.8 Å². The van der Waals surface area contributed by atoms with E-state index in [1.165, 1.54) is 0 Å². The first-order valence-corrected chi connectivity index (χ1v) is 9.44. The number of hydrogen-bond donors (Lipinski definition) is 2. The molecule has 1 amide bonds. The number of carbonyl (C=O) groups is 1. The standard InChI is InChI=1S/C19H30N4O3/c1-14-11-23(12-15(2)26-14)17-4-3-16(9-21-17)10-22-18(24)19(13-20)5-7-25-8-6-19/h3-4,9,14-15H,5-8,10-13,20H2,1-2H3,(H,22,24). The fourth-order valence-corrected chi connectivity index (χ4v) is 3.73. The van der Waals surface area contributed by atoms with E-state index in [1.54, 1.807) is 0 Å². The number of rotatable bonds is 5. The van der Waals surface area contributed by atoms with Gasteiger partial charge in [-0.2, -0.15) is 0 Å². The van der Waals surface area contributed by atoms with E-state index < -0.39 is 5.41 Å². The topological polar surface area (TPSA) is 89.7 Å². The maximum atomic E-state index is 12.6. The second-order valence-electron chi connectivity index (χ2n) is 7.47. The van der Waals surface area contributed by atoms with E-state index in [2.05, 4.69) is 29.0 Å². The fraction of sp³-hybridized carbons (Fsp3) is 0.684. The molecule has 7 nitrogen and oxygen atoms in total. The fourth-order valence-electron chi connectivity index (χ4n) is 3.73. The molecule has 3 heterocycles. The number of carbonyl (C=O) groups excluding carboxylic acids is 1. The van der Waals surface area contributed by atoms with Gasteiger partial charge in [0.2, 0.25) is 5.91 Å². The van der Waals surface area contributed by atoms with Crippen LogP contribution in [0.15, 0.2) is 18.3 Å². The second-order valence-corrected chi connectivity index (χ2v) is 7.47. The molecule has 1 aromatic rings. The number of hydrogen-bond acceptors (Lipinski definition) is 6. The molecule has 0 aromatic carbocycles. The highest BCUT2D eigenvalue weighted by atomic mass is 16.5. The zero-order valence-corrected chi connectivity index (χ0v) is 15.7. The summed E-state index contributed by atoms with van der Waals surface area (Å²) in [5.74, 6) is 0.966. The Kier molecular flexibility index (Phi) is 6.11. The first-order valence-electron chi connectivity index (χ1n) is 9.44. The number of nitrogens with zero attached hydrogens (tertiary/aromatic N) is 2. The van der Waals surface area contributed by atoms with E-state index in [0.717, 1.165) is 24.5 Å². The Hall–Kier alpha value is -1.70. The van der Waals surface area contributed by atoms with Crippen LogP contribution in [0.5, 0.6) is 0 Å². The lowest BCUT2D eigenvalue weighted by molar-refractivity contribution is -0.136. The van der Waals surface area contributed by atoms with Crippen LogP contribution >= 0.6 is 0 Å². The molecule has 2 aliphatic heterocycles. The summed E-state index contributed by atoms with van der Waals surface area (Å²) in [7, 11) is 0. The molecule has 3 N–H and O–H groups in total. The van der Waals surface area contributed by atoms with Crippen molar-refractivity contribution in [3.8, 4) is 0 Å². The number of aromatic nitrogens is 1. The minimum atomic E-state index is -0.494. The van der Waals surface area contributed by atoms with Gasteiger partial charge in [-0.05, 0) is 38.3 Å². The van der Waals surface area contributed by atoms with E-state index in [4.69, 9.17) is 15.2 Å².